The molecule has 1 heterocycles. The maximum absolute atomic E-state index is 12.2. The van der Waals surface area contributed by atoms with Gasteiger partial charge in [0.05, 0.1) is 15.0 Å². The molecule has 0 aliphatic carbocycles. The van der Waals surface area contributed by atoms with Crippen molar-refractivity contribution >= 4 is 61.9 Å². The smallest absolute Gasteiger partial charge is 0.244 e. The van der Waals surface area contributed by atoms with Crippen molar-refractivity contribution < 1.29 is 8.42 Å². The highest BCUT2D eigenvalue weighted by molar-refractivity contribution is 7.89. The van der Waals surface area contributed by atoms with Crippen LogP contribution in [0.15, 0.2) is 29.2 Å². The van der Waals surface area contributed by atoms with E-state index in [2.05, 4.69) is 4.72 Å². The molecule has 108 valence electrons. The van der Waals surface area contributed by atoms with E-state index in [0.717, 1.165) is 4.88 Å². The molecule has 0 saturated heterocycles. The normalized spacial score (nSPS) is 11.8. The molecule has 0 aliphatic rings. The third kappa shape index (κ3) is 3.58. The fourth-order valence-electron chi connectivity index (χ4n) is 1.55. The molecule has 0 bridgehead atoms. The van der Waals surface area contributed by atoms with E-state index in [0.29, 0.717) is 4.34 Å². The highest BCUT2D eigenvalue weighted by Crippen LogP contribution is 2.31. The van der Waals surface area contributed by atoms with Gasteiger partial charge >= 0.3 is 0 Å². The van der Waals surface area contributed by atoms with Gasteiger partial charge in [-0.25, -0.2) is 13.1 Å². The predicted molar refractivity (Wildman–Crippen MR) is 84.2 cm³/mol. The molecule has 0 aliphatic heterocycles. The van der Waals surface area contributed by atoms with Gasteiger partial charge in [-0.15, -0.1) is 11.3 Å². The van der Waals surface area contributed by atoms with E-state index in [9.17, 15) is 8.42 Å². The Morgan fingerprint density at radius 2 is 1.90 bits per heavy atom. The molecule has 0 atom stereocenters. The Labute approximate surface area is 135 Å². The number of hydrogen-bond acceptors (Lipinski definition) is 4. The summed E-state index contributed by atoms with van der Waals surface area (Å²) in [5.41, 5.74) is 5.67. The summed E-state index contributed by atoms with van der Waals surface area (Å²) in [6.45, 7) is 0.109. The molecule has 3 N–H and O–H groups in total. The lowest BCUT2D eigenvalue weighted by atomic mass is 10.3. The lowest BCUT2D eigenvalue weighted by Crippen LogP contribution is -2.24. The highest BCUT2D eigenvalue weighted by Gasteiger charge is 2.22. The summed E-state index contributed by atoms with van der Waals surface area (Å²) < 4.78 is 27.4. The van der Waals surface area contributed by atoms with Gasteiger partial charge in [0.1, 0.15) is 4.90 Å². The van der Waals surface area contributed by atoms with Crippen molar-refractivity contribution in [3.05, 3.63) is 43.5 Å². The minimum atomic E-state index is -3.83. The van der Waals surface area contributed by atoms with Gasteiger partial charge in [0.25, 0.3) is 0 Å². The number of rotatable bonds is 4. The lowest BCUT2D eigenvalue weighted by molar-refractivity contribution is 0.582. The Hall–Kier alpha value is -0.500. The first kappa shape index (κ1) is 15.9. The van der Waals surface area contributed by atoms with E-state index >= 15 is 0 Å². The standard InChI is InChI=1S/C11H9Cl3N2O2S2/c12-6-3-8(13)11(9(15)4-6)20(17,18)16-5-7-1-2-10(14)19-7/h1-4,16H,5,15H2. The van der Waals surface area contributed by atoms with Crippen LogP contribution in [0.3, 0.4) is 0 Å². The van der Waals surface area contributed by atoms with E-state index in [1.54, 1.807) is 12.1 Å². The molecule has 9 heteroatoms. The topological polar surface area (TPSA) is 72.2 Å². The highest BCUT2D eigenvalue weighted by atomic mass is 35.5. The Morgan fingerprint density at radius 1 is 1.20 bits per heavy atom. The summed E-state index contributed by atoms with van der Waals surface area (Å²) in [4.78, 5) is 0.605. The fourth-order valence-corrected chi connectivity index (χ4v) is 4.66. The molecule has 0 amide bonds. The van der Waals surface area contributed by atoms with Gasteiger partial charge in [-0.05, 0) is 24.3 Å². The number of nitrogens with two attached hydrogens (primary N) is 1. The van der Waals surface area contributed by atoms with E-state index < -0.39 is 10.0 Å². The first-order valence-corrected chi connectivity index (χ1v) is 8.71. The van der Waals surface area contributed by atoms with Gasteiger partial charge in [0.2, 0.25) is 10.0 Å². The van der Waals surface area contributed by atoms with Crippen LogP contribution in [0.5, 0.6) is 0 Å². The van der Waals surface area contributed by atoms with E-state index in [1.807, 2.05) is 0 Å². The molecule has 0 radical (unpaired) electrons. The summed E-state index contributed by atoms with van der Waals surface area (Å²) >= 11 is 18.7. The first-order valence-electron chi connectivity index (χ1n) is 5.28. The molecule has 0 unspecified atom stereocenters. The summed E-state index contributed by atoms with van der Waals surface area (Å²) in [5, 5.41) is 0.253. The Kier molecular flexibility index (Phi) is 4.84. The van der Waals surface area contributed by atoms with Gasteiger partial charge in [0.15, 0.2) is 0 Å². The maximum atomic E-state index is 12.2. The van der Waals surface area contributed by atoms with E-state index in [1.165, 1.54) is 23.5 Å². The largest absolute Gasteiger partial charge is 0.398 e. The van der Waals surface area contributed by atoms with Crippen molar-refractivity contribution in [3.63, 3.8) is 0 Å². The molecule has 0 saturated carbocycles. The van der Waals surface area contributed by atoms with Crippen LogP contribution in [0.1, 0.15) is 4.88 Å². The number of benzene rings is 1. The Balaban J connectivity index is 2.27. The second-order valence-electron chi connectivity index (χ2n) is 3.84. The quantitative estimate of drug-likeness (QED) is 0.804. The van der Waals surface area contributed by atoms with Crippen LogP contribution in [-0.2, 0) is 16.6 Å². The number of sulfonamides is 1. The summed E-state index contributed by atoms with van der Waals surface area (Å²) in [6, 6.07) is 6.10. The molecule has 1 aromatic carbocycles. The van der Waals surface area contributed by atoms with Gasteiger partial charge in [-0.2, -0.15) is 0 Å². The van der Waals surface area contributed by atoms with Crippen LogP contribution in [-0.4, -0.2) is 8.42 Å². The van der Waals surface area contributed by atoms with Gasteiger partial charge in [0, 0.05) is 16.4 Å². The predicted octanol–water partition coefficient (Wildman–Crippen LogP) is 3.77. The van der Waals surface area contributed by atoms with Crippen molar-refractivity contribution in [2.45, 2.75) is 11.4 Å². The molecule has 2 rings (SSSR count). The number of anilines is 1. The van der Waals surface area contributed by atoms with Crippen LogP contribution in [0, 0.1) is 0 Å². The van der Waals surface area contributed by atoms with Crippen molar-refractivity contribution in [1.29, 1.82) is 0 Å². The molecular weight excluding hydrogens is 363 g/mol. The number of nitrogen functional groups attached to an aromatic ring is 1. The van der Waals surface area contributed by atoms with Crippen LogP contribution >= 0.6 is 46.1 Å². The Bertz CT molecular complexity index is 721. The second-order valence-corrected chi connectivity index (χ2v) is 8.18. The molecule has 1 aromatic heterocycles. The minimum absolute atomic E-state index is 0.000730. The molecule has 0 fully saturated rings. The summed E-state index contributed by atoms with van der Waals surface area (Å²) in [5.74, 6) is 0. The number of thiophene rings is 1. The zero-order valence-electron chi connectivity index (χ0n) is 9.86. The SMILES string of the molecule is Nc1cc(Cl)cc(Cl)c1S(=O)(=O)NCc1ccc(Cl)s1. The van der Waals surface area contributed by atoms with Crippen LogP contribution in [0.4, 0.5) is 5.69 Å². The molecular formula is C11H9Cl3N2O2S2. The van der Waals surface area contributed by atoms with E-state index in [4.69, 9.17) is 40.5 Å². The van der Waals surface area contributed by atoms with Crippen LogP contribution < -0.4 is 10.5 Å². The maximum Gasteiger partial charge on any atom is 0.244 e. The van der Waals surface area contributed by atoms with Crippen LogP contribution in [0.25, 0.3) is 0 Å². The average Bonchev–Trinajstić information content (AvgIpc) is 2.71. The van der Waals surface area contributed by atoms with Crippen LogP contribution in [0.2, 0.25) is 14.4 Å². The van der Waals surface area contributed by atoms with Gasteiger partial charge in [-0.1, -0.05) is 34.8 Å². The molecule has 4 nitrogen and oxygen atoms in total. The van der Waals surface area contributed by atoms with Crippen molar-refractivity contribution in [1.82, 2.24) is 4.72 Å². The average molecular weight is 372 g/mol. The van der Waals surface area contributed by atoms with Crippen molar-refractivity contribution in [2.24, 2.45) is 0 Å². The number of halogens is 3. The lowest BCUT2D eigenvalue weighted by Gasteiger charge is -2.10. The number of hydrogen-bond donors (Lipinski definition) is 2. The monoisotopic (exact) mass is 370 g/mol. The third-order valence-corrected chi connectivity index (χ3v) is 5.75. The van der Waals surface area contributed by atoms with E-state index in [-0.39, 0.29) is 27.2 Å². The first-order chi connectivity index (χ1) is 9.29. The molecule has 20 heavy (non-hydrogen) atoms. The van der Waals surface area contributed by atoms with Gasteiger partial charge in [-0.3, -0.25) is 0 Å². The zero-order valence-corrected chi connectivity index (χ0v) is 13.8. The second kappa shape index (κ2) is 6.09. The summed E-state index contributed by atoms with van der Waals surface area (Å²) in [7, 11) is -3.83. The molecule has 0 spiro atoms. The fraction of sp³-hybridized carbons (Fsp3) is 0.0909. The van der Waals surface area contributed by atoms with Crippen molar-refractivity contribution in [2.75, 3.05) is 5.73 Å². The minimum Gasteiger partial charge on any atom is -0.398 e. The Morgan fingerprint density at radius 3 is 2.45 bits per heavy atom. The number of nitrogens with one attached hydrogen (secondary N) is 1. The molecule has 2 aromatic rings. The summed E-state index contributed by atoms with van der Waals surface area (Å²) in [6.07, 6.45) is 0. The van der Waals surface area contributed by atoms with Gasteiger partial charge < -0.3 is 5.73 Å². The zero-order chi connectivity index (χ0) is 14.9. The van der Waals surface area contributed by atoms with Crippen molar-refractivity contribution in [3.8, 4) is 0 Å². The third-order valence-electron chi connectivity index (χ3n) is 2.37.